The summed E-state index contributed by atoms with van der Waals surface area (Å²) in [6.45, 7) is 3.77. The third kappa shape index (κ3) is 10.1. The lowest BCUT2D eigenvalue weighted by Crippen LogP contribution is -1.99. The minimum Gasteiger partial charge on any atom is -0.494 e. The Morgan fingerprint density at radius 1 is 0.697 bits per heavy atom. The normalized spacial score (nSPS) is 14.0. The van der Waals surface area contributed by atoms with Crippen molar-refractivity contribution in [3.05, 3.63) is 36.7 Å². The van der Waals surface area contributed by atoms with E-state index in [0.717, 1.165) is 54.9 Å². The maximum absolute atomic E-state index is 5.84. The molecule has 0 radical (unpaired) electrons. The largest absolute Gasteiger partial charge is 0.494 e. The summed E-state index contributed by atoms with van der Waals surface area (Å²) in [4.78, 5) is 8.97. The van der Waals surface area contributed by atoms with Crippen molar-refractivity contribution in [3.8, 4) is 22.9 Å². The van der Waals surface area contributed by atoms with Crippen LogP contribution in [0.3, 0.4) is 0 Å². The van der Waals surface area contributed by atoms with E-state index in [1.54, 1.807) is 12.4 Å². The van der Waals surface area contributed by atoms with Gasteiger partial charge in [-0.05, 0) is 43.0 Å². The van der Waals surface area contributed by atoms with Crippen molar-refractivity contribution in [1.29, 1.82) is 0 Å². The van der Waals surface area contributed by atoms with Gasteiger partial charge in [0.25, 0.3) is 0 Å². The lowest BCUT2D eigenvalue weighted by Gasteiger charge is -2.09. The fourth-order valence-electron chi connectivity index (χ4n) is 4.69. The predicted molar refractivity (Wildman–Crippen MR) is 137 cm³/mol. The van der Waals surface area contributed by atoms with Gasteiger partial charge in [-0.1, -0.05) is 90.4 Å². The van der Waals surface area contributed by atoms with Gasteiger partial charge in [0.1, 0.15) is 5.75 Å². The standard InChI is InChI=1S/C29H44N2O2/c1-2-3-4-7-12-21-32-27-19-17-26(18-20-27)29-30-23-28(24-31-29)33-22-13-8-5-6-9-14-25-15-10-11-16-25/h17-20,23-25H,2-16,21-22H2,1H3. The molecule has 0 amide bonds. The van der Waals surface area contributed by atoms with Crippen LogP contribution in [0.2, 0.25) is 0 Å². The Bertz CT molecular complexity index is 739. The molecule has 0 bridgehead atoms. The number of benzene rings is 1. The first kappa shape index (κ1) is 25.5. The van der Waals surface area contributed by atoms with E-state index in [2.05, 4.69) is 16.9 Å². The topological polar surface area (TPSA) is 44.2 Å². The number of aromatic nitrogens is 2. The second-order valence-corrected chi connectivity index (χ2v) is 9.58. The average Bonchev–Trinajstić information content (AvgIpc) is 3.37. The molecule has 1 fully saturated rings. The summed E-state index contributed by atoms with van der Waals surface area (Å²) in [5, 5.41) is 0. The average molecular weight is 453 g/mol. The minimum atomic E-state index is 0.718. The molecule has 0 saturated heterocycles. The van der Waals surface area contributed by atoms with E-state index in [0.29, 0.717) is 0 Å². The van der Waals surface area contributed by atoms with Crippen LogP contribution in [-0.4, -0.2) is 23.2 Å². The molecule has 0 unspecified atom stereocenters. The quantitative estimate of drug-likeness (QED) is 0.226. The van der Waals surface area contributed by atoms with Crippen LogP contribution in [0.25, 0.3) is 11.4 Å². The van der Waals surface area contributed by atoms with Crippen molar-refractivity contribution in [1.82, 2.24) is 9.97 Å². The van der Waals surface area contributed by atoms with Crippen LogP contribution in [0.4, 0.5) is 0 Å². The molecule has 0 N–H and O–H groups in total. The van der Waals surface area contributed by atoms with Crippen LogP contribution in [0, 0.1) is 5.92 Å². The van der Waals surface area contributed by atoms with Crippen molar-refractivity contribution in [2.75, 3.05) is 13.2 Å². The summed E-state index contributed by atoms with van der Waals surface area (Å²) < 4.78 is 11.7. The molecule has 0 spiro atoms. The lowest BCUT2D eigenvalue weighted by molar-refractivity contribution is 0.301. The molecule has 1 aromatic heterocycles. The Balaban J connectivity index is 1.26. The predicted octanol–water partition coefficient (Wildman–Crippen LogP) is 8.40. The van der Waals surface area contributed by atoms with Crippen molar-refractivity contribution in [2.24, 2.45) is 5.92 Å². The molecule has 1 heterocycles. The maximum Gasteiger partial charge on any atom is 0.159 e. The van der Waals surface area contributed by atoms with Crippen molar-refractivity contribution in [3.63, 3.8) is 0 Å². The number of unbranched alkanes of at least 4 members (excludes halogenated alkanes) is 8. The zero-order chi connectivity index (χ0) is 23.0. The molecule has 0 atom stereocenters. The summed E-state index contributed by atoms with van der Waals surface area (Å²) in [5.74, 6) is 3.42. The van der Waals surface area contributed by atoms with Gasteiger partial charge in [-0.3, -0.25) is 0 Å². The molecule has 33 heavy (non-hydrogen) atoms. The van der Waals surface area contributed by atoms with E-state index in [9.17, 15) is 0 Å². The van der Waals surface area contributed by atoms with E-state index >= 15 is 0 Å². The van der Waals surface area contributed by atoms with E-state index < -0.39 is 0 Å². The van der Waals surface area contributed by atoms with Crippen LogP contribution in [0.1, 0.15) is 103 Å². The zero-order valence-electron chi connectivity index (χ0n) is 20.8. The van der Waals surface area contributed by atoms with Gasteiger partial charge < -0.3 is 9.47 Å². The number of nitrogens with zero attached hydrogens (tertiary/aromatic N) is 2. The highest BCUT2D eigenvalue weighted by atomic mass is 16.5. The Hall–Kier alpha value is -2.10. The van der Waals surface area contributed by atoms with E-state index in [1.807, 2.05) is 24.3 Å². The highest BCUT2D eigenvalue weighted by molar-refractivity contribution is 5.56. The molecule has 4 nitrogen and oxygen atoms in total. The van der Waals surface area contributed by atoms with Crippen LogP contribution in [-0.2, 0) is 0 Å². The molecular weight excluding hydrogens is 408 g/mol. The van der Waals surface area contributed by atoms with Gasteiger partial charge in [-0.25, -0.2) is 9.97 Å². The Morgan fingerprint density at radius 3 is 1.94 bits per heavy atom. The number of hydrogen-bond donors (Lipinski definition) is 0. The summed E-state index contributed by atoms with van der Waals surface area (Å²) in [5.41, 5.74) is 0.995. The molecule has 1 aromatic carbocycles. The van der Waals surface area contributed by atoms with Gasteiger partial charge >= 0.3 is 0 Å². The third-order valence-corrected chi connectivity index (χ3v) is 6.76. The van der Waals surface area contributed by atoms with Crippen molar-refractivity contribution < 1.29 is 9.47 Å². The fourth-order valence-corrected chi connectivity index (χ4v) is 4.69. The summed E-state index contributed by atoms with van der Waals surface area (Å²) in [7, 11) is 0. The molecule has 1 aliphatic carbocycles. The third-order valence-electron chi connectivity index (χ3n) is 6.76. The summed E-state index contributed by atoms with van der Waals surface area (Å²) in [6.07, 6.45) is 23.6. The number of ether oxygens (including phenoxy) is 2. The van der Waals surface area contributed by atoms with Crippen LogP contribution < -0.4 is 9.47 Å². The smallest absolute Gasteiger partial charge is 0.159 e. The number of rotatable bonds is 17. The first-order chi connectivity index (χ1) is 16.3. The van der Waals surface area contributed by atoms with Gasteiger partial charge in [0.05, 0.1) is 25.6 Å². The zero-order valence-corrected chi connectivity index (χ0v) is 20.8. The molecule has 2 aromatic rings. The Labute approximate surface area is 201 Å². The van der Waals surface area contributed by atoms with Gasteiger partial charge in [0.15, 0.2) is 11.6 Å². The van der Waals surface area contributed by atoms with Crippen LogP contribution >= 0.6 is 0 Å². The van der Waals surface area contributed by atoms with Gasteiger partial charge in [-0.2, -0.15) is 0 Å². The monoisotopic (exact) mass is 452 g/mol. The molecule has 0 aliphatic heterocycles. The first-order valence-electron chi connectivity index (χ1n) is 13.5. The SMILES string of the molecule is CCCCCCCOc1ccc(-c2ncc(OCCCCCCCC3CCCC3)cn2)cc1. The van der Waals surface area contributed by atoms with Gasteiger partial charge in [0, 0.05) is 5.56 Å². The molecule has 1 aliphatic rings. The first-order valence-corrected chi connectivity index (χ1v) is 13.5. The Kier molecular flexibility index (Phi) is 12.1. The van der Waals surface area contributed by atoms with E-state index in [4.69, 9.17) is 9.47 Å². The molecule has 182 valence electrons. The van der Waals surface area contributed by atoms with Gasteiger partial charge in [-0.15, -0.1) is 0 Å². The summed E-state index contributed by atoms with van der Waals surface area (Å²) in [6, 6.07) is 8.05. The highest BCUT2D eigenvalue weighted by Gasteiger charge is 2.13. The van der Waals surface area contributed by atoms with Crippen LogP contribution in [0.15, 0.2) is 36.7 Å². The summed E-state index contributed by atoms with van der Waals surface area (Å²) >= 11 is 0. The molecule has 3 rings (SSSR count). The number of hydrogen-bond acceptors (Lipinski definition) is 4. The Morgan fingerprint density at radius 2 is 1.27 bits per heavy atom. The second kappa shape index (κ2) is 15.7. The van der Waals surface area contributed by atoms with Crippen molar-refractivity contribution in [2.45, 2.75) is 103 Å². The van der Waals surface area contributed by atoms with Gasteiger partial charge in [0.2, 0.25) is 0 Å². The molecular formula is C29H44N2O2. The second-order valence-electron chi connectivity index (χ2n) is 9.58. The van der Waals surface area contributed by atoms with Crippen molar-refractivity contribution >= 4 is 0 Å². The lowest BCUT2D eigenvalue weighted by atomic mass is 9.99. The maximum atomic E-state index is 5.84. The van der Waals surface area contributed by atoms with E-state index in [1.165, 1.54) is 83.5 Å². The van der Waals surface area contributed by atoms with Crippen LogP contribution in [0.5, 0.6) is 11.5 Å². The fraction of sp³-hybridized carbons (Fsp3) is 0.655. The minimum absolute atomic E-state index is 0.718. The van der Waals surface area contributed by atoms with E-state index in [-0.39, 0.29) is 0 Å². The highest BCUT2D eigenvalue weighted by Crippen LogP contribution is 2.29. The molecule has 1 saturated carbocycles. The molecule has 4 heteroatoms.